The lowest BCUT2D eigenvalue weighted by atomic mass is 10.2. The molecule has 0 amide bonds. The van der Waals surface area contributed by atoms with E-state index in [9.17, 15) is 0 Å². The molecule has 2 aromatic heterocycles. The van der Waals surface area contributed by atoms with Gasteiger partial charge in [0, 0.05) is 31.4 Å². The van der Waals surface area contributed by atoms with Crippen LogP contribution < -0.4 is 5.32 Å². The summed E-state index contributed by atoms with van der Waals surface area (Å²) in [5.74, 6) is 1.17. The Labute approximate surface area is 118 Å². The third kappa shape index (κ3) is 2.06. The van der Waals surface area contributed by atoms with Crippen LogP contribution in [0.4, 0.5) is 0 Å². The Bertz CT molecular complexity index is 730. The first-order chi connectivity index (χ1) is 9.93. The average Bonchev–Trinajstić information content (AvgIpc) is 2.72. The molecule has 4 nitrogen and oxygen atoms in total. The number of benzene rings is 1. The highest BCUT2D eigenvalue weighted by Crippen LogP contribution is 2.25. The molecule has 0 spiro atoms. The van der Waals surface area contributed by atoms with E-state index in [4.69, 9.17) is 4.98 Å². The lowest BCUT2D eigenvalue weighted by Crippen LogP contribution is -2.17. The van der Waals surface area contributed by atoms with Gasteiger partial charge in [-0.25, -0.2) is 4.98 Å². The molecule has 104 valence electrons. The SMILES string of the molecule is CC.c1ccc2c(c1)ncc1nc3n(c12)CCNCC3. The minimum atomic E-state index is 0.986. The molecule has 1 aliphatic rings. The first-order valence-corrected chi connectivity index (χ1v) is 7.37. The lowest BCUT2D eigenvalue weighted by molar-refractivity contribution is 0.658. The highest BCUT2D eigenvalue weighted by molar-refractivity contribution is 6.02. The summed E-state index contributed by atoms with van der Waals surface area (Å²) in [6, 6.07) is 8.29. The van der Waals surface area contributed by atoms with Gasteiger partial charge in [0.1, 0.15) is 11.3 Å². The molecule has 0 saturated carbocycles. The molecule has 0 unspecified atom stereocenters. The first-order valence-electron chi connectivity index (χ1n) is 7.37. The molecule has 20 heavy (non-hydrogen) atoms. The fraction of sp³-hybridized carbons (Fsp3) is 0.375. The van der Waals surface area contributed by atoms with E-state index in [2.05, 4.69) is 33.1 Å². The zero-order valence-corrected chi connectivity index (χ0v) is 12.1. The Morgan fingerprint density at radius 1 is 1.10 bits per heavy atom. The van der Waals surface area contributed by atoms with Crippen LogP contribution in [0.3, 0.4) is 0 Å². The number of para-hydroxylation sites is 1. The highest BCUT2D eigenvalue weighted by atomic mass is 15.1. The van der Waals surface area contributed by atoms with Crippen LogP contribution in [0.25, 0.3) is 21.9 Å². The van der Waals surface area contributed by atoms with Gasteiger partial charge in [-0.2, -0.15) is 0 Å². The van der Waals surface area contributed by atoms with Crippen molar-refractivity contribution in [3.8, 4) is 0 Å². The summed E-state index contributed by atoms with van der Waals surface area (Å²) in [6.07, 6.45) is 2.88. The van der Waals surface area contributed by atoms with Gasteiger partial charge in [0.2, 0.25) is 0 Å². The molecule has 1 N–H and O–H groups in total. The van der Waals surface area contributed by atoms with E-state index in [1.165, 1.54) is 16.7 Å². The Morgan fingerprint density at radius 3 is 2.85 bits per heavy atom. The van der Waals surface area contributed by atoms with Crippen molar-refractivity contribution in [2.75, 3.05) is 13.1 Å². The molecule has 0 saturated heterocycles. The second-order valence-electron chi connectivity index (χ2n) is 4.69. The first kappa shape index (κ1) is 13.1. The number of pyridine rings is 1. The van der Waals surface area contributed by atoms with Gasteiger partial charge in [0.05, 0.1) is 17.2 Å². The minimum absolute atomic E-state index is 0.986. The van der Waals surface area contributed by atoms with Gasteiger partial charge in [-0.1, -0.05) is 32.0 Å². The highest BCUT2D eigenvalue weighted by Gasteiger charge is 2.15. The zero-order valence-electron chi connectivity index (χ0n) is 12.1. The number of rotatable bonds is 0. The summed E-state index contributed by atoms with van der Waals surface area (Å²) in [4.78, 5) is 9.21. The number of imidazole rings is 1. The number of hydrogen-bond acceptors (Lipinski definition) is 3. The van der Waals surface area contributed by atoms with E-state index in [-0.39, 0.29) is 0 Å². The Morgan fingerprint density at radius 2 is 1.95 bits per heavy atom. The van der Waals surface area contributed by atoms with Gasteiger partial charge in [-0.05, 0) is 6.07 Å². The standard InChI is InChI=1S/C14H14N4.C2H6/c1-2-4-11-10(3-1)14-12(9-16-11)17-13-5-6-15-7-8-18(13)14;1-2/h1-4,9,15H,5-8H2;1-2H3. The molecule has 3 heterocycles. The van der Waals surface area contributed by atoms with E-state index < -0.39 is 0 Å². The molecular formula is C16H20N4. The van der Waals surface area contributed by atoms with Crippen LogP contribution in [0.1, 0.15) is 19.7 Å². The summed E-state index contributed by atoms with van der Waals surface area (Å²) in [7, 11) is 0. The fourth-order valence-corrected chi connectivity index (χ4v) is 2.76. The Kier molecular flexibility index (Phi) is 3.65. The van der Waals surface area contributed by atoms with E-state index in [0.717, 1.165) is 37.1 Å². The summed E-state index contributed by atoms with van der Waals surface area (Å²) in [6.45, 7) is 7.00. The van der Waals surface area contributed by atoms with Crippen LogP contribution in [0.15, 0.2) is 30.5 Å². The largest absolute Gasteiger partial charge is 0.326 e. The smallest absolute Gasteiger partial charge is 0.111 e. The second kappa shape index (κ2) is 5.59. The monoisotopic (exact) mass is 268 g/mol. The van der Waals surface area contributed by atoms with E-state index in [1.807, 2.05) is 26.1 Å². The quantitative estimate of drug-likeness (QED) is 0.681. The summed E-state index contributed by atoms with van der Waals surface area (Å²) in [5.41, 5.74) is 3.30. The number of hydrogen-bond donors (Lipinski definition) is 1. The van der Waals surface area contributed by atoms with E-state index >= 15 is 0 Å². The van der Waals surface area contributed by atoms with Crippen LogP contribution in [-0.4, -0.2) is 27.6 Å². The van der Waals surface area contributed by atoms with E-state index in [1.54, 1.807) is 0 Å². The maximum absolute atomic E-state index is 4.72. The van der Waals surface area contributed by atoms with Crippen molar-refractivity contribution in [3.05, 3.63) is 36.3 Å². The zero-order chi connectivity index (χ0) is 13.9. The second-order valence-corrected chi connectivity index (χ2v) is 4.69. The van der Waals surface area contributed by atoms with Crippen molar-refractivity contribution in [1.29, 1.82) is 0 Å². The maximum Gasteiger partial charge on any atom is 0.111 e. The fourth-order valence-electron chi connectivity index (χ4n) is 2.76. The van der Waals surface area contributed by atoms with Crippen molar-refractivity contribution < 1.29 is 0 Å². The number of fused-ring (bicyclic) bond motifs is 5. The molecule has 1 aliphatic heterocycles. The summed E-state index contributed by atoms with van der Waals surface area (Å²) < 4.78 is 2.35. The predicted octanol–water partition coefficient (Wildman–Crippen LogP) is 2.76. The predicted molar refractivity (Wildman–Crippen MR) is 83.0 cm³/mol. The van der Waals surface area contributed by atoms with Gasteiger partial charge in [-0.3, -0.25) is 4.98 Å². The van der Waals surface area contributed by atoms with Gasteiger partial charge < -0.3 is 9.88 Å². The Balaban J connectivity index is 0.000000581. The minimum Gasteiger partial charge on any atom is -0.326 e. The normalized spacial score (nSPS) is 14.5. The van der Waals surface area contributed by atoms with Crippen LogP contribution in [-0.2, 0) is 13.0 Å². The van der Waals surface area contributed by atoms with Crippen molar-refractivity contribution in [2.24, 2.45) is 0 Å². The molecule has 4 heteroatoms. The van der Waals surface area contributed by atoms with Gasteiger partial charge in [-0.15, -0.1) is 0 Å². The summed E-state index contributed by atoms with van der Waals surface area (Å²) >= 11 is 0. The Hall–Kier alpha value is -1.94. The average molecular weight is 268 g/mol. The maximum atomic E-state index is 4.72. The van der Waals surface area contributed by atoms with Crippen molar-refractivity contribution in [1.82, 2.24) is 19.9 Å². The summed E-state index contributed by atoms with van der Waals surface area (Å²) in [5, 5.41) is 4.62. The van der Waals surface area contributed by atoms with Crippen molar-refractivity contribution in [3.63, 3.8) is 0 Å². The topological polar surface area (TPSA) is 42.7 Å². The van der Waals surface area contributed by atoms with E-state index in [0.29, 0.717) is 0 Å². The molecule has 3 aromatic rings. The third-order valence-corrected chi connectivity index (χ3v) is 3.60. The molecule has 4 rings (SSSR count). The van der Waals surface area contributed by atoms with Crippen molar-refractivity contribution >= 4 is 21.9 Å². The van der Waals surface area contributed by atoms with Gasteiger partial charge >= 0.3 is 0 Å². The van der Waals surface area contributed by atoms with Gasteiger partial charge in [0.25, 0.3) is 0 Å². The molecule has 0 aliphatic carbocycles. The van der Waals surface area contributed by atoms with Gasteiger partial charge in [0.15, 0.2) is 0 Å². The molecule has 0 fully saturated rings. The van der Waals surface area contributed by atoms with Crippen LogP contribution in [0, 0.1) is 0 Å². The van der Waals surface area contributed by atoms with Crippen LogP contribution in [0.2, 0.25) is 0 Å². The lowest BCUT2D eigenvalue weighted by Gasteiger charge is -2.06. The molecule has 0 atom stereocenters. The third-order valence-electron chi connectivity index (χ3n) is 3.60. The number of aromatic nitrogens is 3. The molecule has 1 aromatic carbocycles. The molecule has 0 bridgehead atoms. The number of nitrogens with one attached hydrogen (secondary N) is 1. The van der Waals surface area contributed by atoms with Crippen LogP contribution in [0.5, 0.6) is 0 Å². The molecular weight excluding hydrogens is 248 g/mol. The van der Waals surface area contributed by atoms with Crippen LogP contribution >= 0.6 is 0 Å². The number of nitrogens with zero attached hydrogens (tertiary/aromatic N) is 3. The molecule has 0 radical (unpaired) electrons. The van der Waals surface area contributed by atoms with Crippen molar-refractivity contribution in [2.45, 2.75) is 26.8 Å².